The molecule has 1 amide bonds. The summed E-state index contributed by atoms with van der Waals surface area (Å²) < 4.78 is 5.02. The predicted octanol–water partition coefficient (Wildman–Crippen LogP) is 3.93. The van der Waals surface area contributed by atoms with Gasteiger partial charge < -0.3 is 9.80 Å². The molecule has 4 rings (SSSR count). The fourth-order valence-electron chi connectivity index (χ4n) is 3.08. The lowest BCUT2D eigenvalue weighted by Crippen LogP contribution is -2.48. The minimum atomic E-state index is 0.0191. The number of benzene rings is 2. The van der Waals surface area contributed by atoms with Crippen molar-refractivity contribution in [1.82, 2.24) is 14.5 Å². The van der Waals surface area contributed by atoms with Gasteiger partial charge in [0, 0.05) is 41.9 Å². The molecule has 0 atom stereocenters. The molecule has 0 spiro atoms. The molecule has 1 fully saturated rings. The lowest BCUT2D eigenvalue weighted by Gasteiger charge is -2.36. The largest absolute Gasteiger partial charge is 0.368 e. The number of carbonyl (C=O) groups is 1. The van der Waals surface area contributed by atoms with Crippen molar-refractivity contribution in [3.8, 4) is 11.3 Å². The van der Waals surface area contributed by atoms with Crippen LogP contribution in [0.3, 0.4) is 0 Å². The highest BCUT2D eigenvalue weighted by Gasteiger charge is 2.26. The highest BCUT2D eigenvalue weighted by molar-refractivity contribution is 9.10. The Morgan fingerprint density at radius 1 is 0.962 bits per heavy atom. The molecule has 3 aromatic rings. The van der Waals surface area contributed by atoms with Crippen molar-refractivity contribution in [3.63, 3.8) is 0 Å². The standard InChI is InChI=1S/C19H17BrN4OS/c20-15-8-6-14(7-9-15)17-18(26-22-21-17)19(25)24-12-10-23(11-13-24)16-4-2-1-3-5-16/h1-9H,10-13H2. The molecule has 26 heavy (non-hydrogen) atoms. The summed E-state index contributed by atoms with van der Waals surface area (Å²) in [7, 11) is 0. The molecule has 132 valence electrons. The van der Waals surface area contributed by atoms with Crippen LogP contribution in [0.1, 0.15) is 9.67 Å². The Morgan fingerprint density at radius 2 is 1.65 bits per heavy atom. The quantitative estimate of drug-likeness (QED) is 0.633. The number of carbonyl (C=O) groups excluding carboxylic acids is 1. The summed E-state index contributed by atoms with van der Waals surface area (Å²) in [6.07, 6.45) is 0. The Labute approximate surface area is 164 Å². The number of piperazine rings is 1. The summed E-state index contributed by atoms with van der Waals surface area (Å²) in [6.45, 7) is 3.06. The first-order chi connectivity index (χ1) is 12.7. The van der Waals surface area contributed by atoms with Crippen molar-refractivity contribution in [2.24, 2.45) is 0 Å². The maximum absolute atomic E-state index is 13.0. The summed E-state index contributed by atoms with van der Waals surface area (Å²) in [5.74, 6) is 0.0191. The maximum atomic E-state index is 13.0. The van der Waals surface area contributed by atoms with Gasteiger partial charge >= 0.3 is 0 Å². The number of halogens is 1. The van der Waals surface area contributed by atoms with E-state index in [1.54, 1.807) is 0 Å². The van der Waals surface area contributed by atoms with Crippen molar-refractivity contribution < 1.29 is 4.79 Å². The predicted molar refractivity (Wildman–Crippen MR) is 108 cm³/mol. The lowest BCUT2D eigenvalue weighted by atomic mass is 10.1. The average Bonchev–Trinajstić information content (AvgIpc) is 3.19. The second-order valence-corrected chi connectivity index (χ2v) is 7.74. The number of hydrogen-bond acceptors (Lipinski definition) is 5. The van der Waals surface area contributed by atoms with Crippen LogP contribution in [0.4, 0.5) is 5.69 Å². The maximum Gasteiger partial charge on any atom is 0.268 e. The van der Waals surface area contributed by atoms with Crippen LogP contribution in [0, 0.1) is 0 Å². The van der Waals surface area contributed by atoms with E-state index in [9.17, 15) is 4.79 Å². The Kier molecular flexibility index (Phi) is 4.99. The highest BCUT2D eigenvalue weighted by Crippen LogP contribution is 2.27. The van der Waals surface area contributed by atoms with E-state index in [1.165, 1.54) is 17.2 Å². The molecule has 2 aromatic carbocycles. The fourth-order valence-corrected chi connectivity index (χ4v) is 4.00. The van der Waals surface area contributed by atoms with Crippen LogP contribution < -0.4 is 4.90 Å². The molecule has 2 heterocycles. The van der Waals surface area contributed by atoms with Crippen molar-refractivity contribution >= 4 is 39.1 Å². The number of nitrogens with zero attached hydrogens (tertiary/aromatic N) is 4. The lowest BCUT2D eigenvalue weighted by molar-refractivity contribution is 0.0752. The summed E-state index contributed by atoms with van der Waals surface area (Å²) >= 11 is 4.60. The molecule has 0 unspecified atom stereocenters. The van der Waals surface area contributed by atoms with Gasteiger partial charge in [0.2, 0.25) is 0 Å². The van der Waals surface area contributed by atoms with E-state index in [2.05, 4.69) is 42.5 Å². The van der Waals surface area contributed by atoms with Crippen LogP contribution in [0.5, 0.6) is 0 Å². The number of anilines is 1. The summed E-state index contributed by atoms with van der Waals surface area (Å²) in [5, 5.41) is 4.19. The van der Waals surface area contributed by atoms with Gasteiger partial charge in [0.05, 0.1) is 0 Å². The van der Waals surface area contributed by atoms with Gasteiger partial charge in [-0.05, 0) is 35.8 Å². The number of aromatic nitrogens is 2. The summed E-state index contributed by atoms with van der Waals surface area (Å²) in [5.41, 5.74) is 2.78. The molecule has 7 heteroatoms. The van der Waals surface area contributed by atoms with Crippen molar-refractivity contribution in [2.75, 3.05) is 31.1 Å². The normalized spacial score (nSPS) is 14.5. The van der Waals surface area contributed by atoms with Gasteiger partial charge in [-0.3, -0.25) is 4.79 Å². The van der Waals surface area contributed by atoms with Crippen molar-refractivity contribution in [2.45, 2.75) is 0 Å². The molecule has 1 aliphatic heterocycles. The van der Waals surface area contributed by atoms with E-state index >= 15 is 0 Å². The van der Waals surface area contributed by atoms with Gasteiger partial charge in [-0.1, -0.05) is 50.8 Å². The molecule has 0 radical (unpaired) electrons. The fraction of sp³-hybridized carbons (Fsp3) is 0.211. The zero-order valence-corrected chi connectivity index (χ0v) is 16.4. The monoisotopic (exact) mass is 428 g/mol. The van der Waals surface area contributed by atoms with Crippen LogP contribution in [0.15, 0.2) is 59.1 Å². The Bertz CT molecular complexity index is 889. The average molecular weight is 429 g/mol. The molecule has 5 nitrogen and oxygen atoms in total. The molecule has 0 bridgehead atoms. The molecular formula is C19H17BrN4OS. The topological polar surface area (TPSA) is 49.3 Å². The molecule has 0 aliphatic carbocycles. The number of hydrogen-bond donors (Lipinski definition) is 0. The first-order valence-electron chi connectivity index (χ1n) is 8.40. The number of rotatable bonds is 3. The minimum absolute atomic E-state index is 0.0191. The van der Waals surface area contributed by atoms with E-state index < -0.39 is 0 Å². The van der Waals surface area contributed by atoms with E-state index in [0.717, 1.165) is 23.1 Å². The van der Waals surface area contributed by atoms with E-state index in [0.29, 0.717) is 23.7 Å². The van der Waals surface area contributed by atoms with Crippen molar-refractivity contribution in [3.05, 3.63) is 63.9 Å². The smallest absolute Gasteiger partial charge is 0.268 e. The van der Waals surface area contributed by atoms with Crippen LogP contribution in [0.25, 0.3) is 11.3 Å². The molecule has 1 saturated heterocycles. The van der Waals surface area contributed by atoms with Crippen LogP contribution in [-0.2, 0) is 0 Å². The van der Waals surface area contributed by atoms with E-state index in [-0.39, 0.29) is 5.91 Å². The number of para-hydroxylation sites is 1. The van der Waals surface area contributed by atoms with Gasteiger partial charge in [0.15, 0.2) is 0 Å². The highest BCUT2D eigenvalue weighted by atomic mass is 79.9. The zero-order chi connectivity index (χ0) is 17.9. The molecule has 0 saturated carbocycles. The Morgan fingerprint density at radius 3 is 2.35 bits per heavy atom. The third-order valence-electron chi connectivity index (χ3n) is 4.49. The third kappa shape index (κ3) is 3.50. The second kappa shape index (κ2) is 7.55. The summed E-state index contributed by atoms with van der Waals surface area (Å²) in [4.78, 5) is 17.8. The third-order valence-corrected chi connectivity index (χ3v) is 5.73. The SMILES string of the molecule is O=C(c1snnc1-c1ccc(Br)cc1)N1CCN(c2ccccc2)CC1. The Hall–Kier alpha value is -2.25. The van der Waals surface area contributed by atoms with Crippen molar-refractivity contribution in [1.29, 1.82) is 0 Å². The van der Waals surface area contributed by atoms with E-state index in [4.69, 9.17) is 0 Å². The minimum Gasteiger partial charge on any atom is -0.368 e. The first kappa shape index (κ1) is 17.2. The first-order valence-corrected chi connectivity index (χ1v) is 9.96. The van der Waals surface area contributed by atoms with Gasteiger partial charge in [-0.2, -0.15) is 0 Å². The molecule has 1 aliphatic rings. The van der Waals surface area contributed by atoms with Gasteiger partial charge in [-0.25, -0.2) is 0 Å². The second-order valence-electron chi connectivity index (χ2n) is 6.07. The van der Waals surface area contributed by atoms with Gasteiger partial charge in [-0.15, -0.1) is 5.10 Å². The van der Waals surface area contributed by atoms with Gasteiger partial charge in [0.1, 0.15) is 10.6 Å². The zero-order valence-electron chi connectivity index (χ0n) is 14.0. The van der Waals surface area contributed by atoms with Crippen LogP contribution in [0.2, 0.25) is 0 Å². The Balaban J connectivity index is 1.48. The number of amides is 1. The molecular weight excluding hydrogens is 412 g/mol. The van der Waals surface area contributed by atoms with Gasteiger partial charge in [0.25, 0.3) is 5.91 Å². The van der Waals surface area contributed by atoms with Crippen LogP contribution >= 0.6 is 27.5 Å². The summed E-state index contributed by atoms with van der Waals surface area (Å²) in [6, 6.07) is 18.1. The van der Waals surface area contributed by atoms with Crippen LogP contribution in [-0.4, -0.2) is 46.6 Å². The molecule has 0 N–H and O–H groups in total. The van der Waals surface area contributed by atoms with E-state index in [1.807, 2.05) is 47.4 Å². The molecule has 1 aromatic heterocycles.